The van der Waals surface area contributed by atoms with Crippen LogP contribution in [0.5, 0.6) is 0 Å². The molecule has 1 saturated heterocycles. The molecule has 1 atom stereocenters. The Labute approximate surface area is 72.6 Å². The minimum atomic E-state index is -0.174. The van der Waals surface area contributed by atoms with Gasteiger partial charge in [0.2, 0.25) is 0 Å². The zero-order valence-electron chi connectivity index (χ0n) is 7.21. The third-order valence-corrected chi connectivity index (χ3v) is 2.92. The van der Waals surface area contributed by atoms with Crippen LogP contribution >= 0.6 is 0 Å². The molecule has 12 heavy (non-hydrogen) atoms. The minimum absolute atomic E-state index is 0.160. The third-order valence-electron chi connectivity index (χ3n) is 2.92. The van der Waals surface area contributed by atoms with Gasteiger partial charge in [0.15, 0.2) is 0 Å². The molecule has 2 aliphatic rings. The molecule has 0 aromatic carbocycles. The maximum atomic E-state index is 11.0. The van der Waals surface area contributed by atoms with E-state index in [9.17, 15) is 4.79 Å². The zero-order valence-corrected chi connectivity index (χ0v) is 7.21. The molecular weight excluding hydrogens is 152 g/mol. The van der Waals surface area contributed by atoms with E-state index < -0.39 is 0 Å². The molecule has 0 aromatic heterocycles. The number of rotatable bonds is 1. The maximum Gasteiger partial charge on any atom is 0.333 e. The Hall–Kier alpha value is -0.790. The van der Waals surface area contributed by atoms with Crippen LogP contribution in [0.1, 0.15) is 32.1 Å². The highest BCUT2D eigenvalue weighted by molar-refractivity contribution is 5.89. The van der Waals surface area contributed by atoms with Gasteiger partial charge in [0.25, 0.3) is 0 Å². The molecule has 0 radical (unpaired) electrons. The summed E-state index contributed by atoms with van der Waals surface area (Å²) in [6.45, 7) is 3.68. The molecule has 66 valence electrons. The monoisotopic (exact) mass is 166 g/mol. The molecule has 2 heteroatoms. The predicted octanol–water partition coefficient (Wildman–Crippen LogP) is 2.05. The van der Waals surface area contributed by atoms with Crippen LogP contribution in [0.3, 0.4) is 0 Å². The lowest BCUT2D eigenvalue weighted by Gasteiger charge is -2.15. The van der Waals surface area contributed by atoms with E-state index in [4.69, 9.17) is 4.74 Å². The van der Waals surface area contributed by atoms with Crippen LogP contribution in [0.25, 0.3) is 0 Å². The number of hydrogen-bond acceptors (Lipinski definition) is 2. The highest BCUT2D eigenvalue weighted by atomic mass is 16.5. The largest absolute Gasteiger partial charge is 0.458 e. The van der Waals surface area contributed by atoms with Crippen molar-refractivity contribution in [3.8, 4) is 0 Å². The summed E-state index contributed by atoms with van der Waals surface area (Å²) in [5.74, 6) is 0.445. The van der Waals surface area contributed by atoms with E-state index in [1.54, 1.807) is 0 Å². The molecule has 1 aliphatic heterocycles. The van der Waals surface area contributed by atoms with Crippen molar-refractivity contribution in [3.63, 3.8) is 0 Å². The lowest BCUT2D eigenvalue weighted by atomic mass is 9.97. The SMILES string of the molecule is C=C1CC(C2CCCC2)OC1=O. The van der Waals surface area contributed by atoms with E-state index in [1.165, 1.54) is 25.7 Å². The molecule has 2 fully saturated rings. The summed E-state index contributed by atoms with van der Waals surface area (Å²) in [5, 5.41) is 0. The van der Waals surface area contributed by atoms with Crippen LogP contribution in [0.4, 0.5) is 0 Å². The first-order valence-electron chi connectivity index (χ1n) is 4.66. The van der Waals surface area contributed by atoms with Gasteiger partial charge in [-0.2, -0.15) is 0 Å². The summed E-state index contributed by atoms with van der Waals surface area (Å²) in [4.78, 5) is 11.0. The number of carbonyl (C=O) groups is 1. The van der Waals surface area contributed by atoms with Crippen molar-refractivity contribution >= 4 is 5.97 Å². The molecule has 2 rings (SSSR count). The Kier molecular flexibility index (Phi) is 1.91. The summed E-state index contributed by atoms with van der Waals surface area (Å²) >= 11 is 0. The fraction of sp³-hybridized carbons (Fsp3) is 0.700. The van der Waals surface area contributed by atoms with Gasteiger partial charge in [-0.05, 0) is 18.8 Å². The molecular formula is C10H14O2. The van der Waals surface area contributed by atoms with E-state index in [1.807, 2.05) is 0 Å². The molecule has 0 amide bonds. The number of esters is 1. The van der Waals surface area contributed by atoms with Gasteiger partial charge in [-0.3, -0.25) is 0 Å². The molecule has 0 bridgehead atoms. The molecule has 2 nitrogen and oxygen atoms in total. The Balaban J connectivity index is 1.98. The van der Waals surface area contributed by atoms with Crippen molar-refractivity contribution in [2.45, 2.75) is 38.2 Å². The van der Waals surface area contributed by atoms with Gasteiger partial charge >= 0.3 is 5.97 Å². The quantitative estimate of drug-likeness (QED) is 0.440. The lowest BCUT2D eigenvalue weighted by molar-refractivity contribution is -0.140. The molecule has 0 aromatic rings. The van der Waals surface area contributed by atoms with E-state index in [2.05, 4.69) is 6.58 Å². The first-order valence-corrected chi connectivity index (χ1v) is 4.66. The normalized spacial score (nSPS) is 31.2. The van der Waals surface area contributed by atoms with Crippen LogP contribution in [0.15, 0.2) is 12.2 Å². The first-order chi connectivity index (χ1) is 5.77. The number of ether oxygens (including phenoxy) is 1. The Bertz CT molecular complexity index is 198. The molecule has 1 heterocycles. The number of hydrogen-bond donors (Lipinski definition) is 0. The molecule has 1 aliphatic carbocycles. The highest BCUT2D eigenvalue weighted by Crippen LogP contribution is 2.35. The Morgan fingerprint density at radius 2 is 2.00 bits per heavy atom. The van der Waals surface area contributed by atoms with Crippen molar-refractivity contribution in [1.29, 1.82) is 0 Å². The van der Waals surface area contributed by atoms with Crippen LogP contribution in [-0.4, -0.2) is 12.1 Å². The molecule has 1 unspecified atom stereocenters. The van der Waals surface area contributed by atoms with Gasteiger partial charge in [0, 0.05) is 12.0 Å². The van der Waals surface area contributed by atoms with Gasteiger partial charge in [0.05, 0.1) is 0 Å². The average Bonchev–Trinajstić information content (AvgIpc) is 2.61. The van der Waals surface area contributed by atoms with Gasteiger partial charge in [-0.15, -0.1) is 0 Å². The van der Waals surface area contributed by atoms with Gasteiger partial charge in [-0.25, -0.2) is 4.79 Å². The maximum absolute atomic E-state index is 11.0. The minimum Gasteiger partial charge on any atom is -0.458 e. The average molecular weight is 166 g/mol. The standard InChI is InChI=1S/C10H14O2/c1-7-6-9(12-10(7)11)8-4-2-3-5-8/h8-9H,1-6H2. The van der Waals surface area contributed by atoms with Gasteiger partial charge < -0.3 is 4.74 Å². The summed E-state index contributed by atoms with van der Waals surface area (Å²) in [6, 6.07) is 0. The van der Waals surface area contributed by atoms with Crippen LogP contribution in [0, 0.1) is 5.92 Å². The lowest BCUT2D eigenvalue weighted by Crippen LogP contribution is -2.16. The van der Waals surface area contributed by atoms with Crippen molar-refractivity contribution in [3.05, 3.63) is 12.2 Å². The van der Waals surface area contributed by atoms with E-state index >= 15 is 0 Å². The van der Waals surface area contributed by atoms with Gasteiger partial charge in [0.1, 0.15) is 6.10 Å². The Morgan fingerprint density at radius 3 is 2.50 bits per heavy atom. The van der Waals surface area contributed by atoms with Crippen molar-refractivity contribution in [2.75, 3.05) is 0 Å². The molecule has 0 N–H and O–H groups in total. The first kappa shape index (κ1) is 7.84. The second-order valence-electron chi connectivity index (χ2n) is 3.80. The number of carbonyl (C=O) groups excluding carboxylic acids is 1. The second kappa shape index (κ2) is 2.92. The summed E-state index contributed by atoms with van der Waals surface area (Å²) < 4.78 is 5.22. The molecule has 0 spiro atoms. The van der Waals surface area contributed by atoms with Crippen LogP contribution < -0.4 is 0 Å². The van der Waals surface area contributed by atoms with Crippen LogP contribution in [-0.2, 0) is 9.53 Å². The Morgan fingerprint density at radius 1 is 1.33 bits per heavy atom. The number of cyclic esters (lactones) is 1. The summed E-state index contributed by atoms with van der Waals surface area (Å²) in [6.07, 6.45) is 5.98. The summed E-state index contributed by atoms with van der Waals surface area (Å²) in [5.41, 5.74) is 0.659. The predicted molar refractivity (Wildman–Crippen MR) is 45.6 cm³/mol. The fourth-order valence-corrected chi connectivity index (χ4v) is 2.18. The smallest absolute Gasteiger partial charge is 0.333 e. The zero-order chi connectivity index (χ0) is 8.55. The van der Waals surface area contributed by atoms with Crippen molar-refractivity contribution in [2.24, 2.45) is 5.92 Å². The van der Waals surface area contributed by atoms with Crippen molar-refractivity contribution < 1.29 is 9.53 Å². The second-order valence-corrected chi connectivity index (χ2v) is 3.80. The molecule has 1 saturated carbocycles. The summed E-state index contributed by atoms with van der Waals surface area (Å²) in [7, 11) is 0. The fourth-order valence-electron chi connectivity index (χ4n) is 2.18. The third kappa shape index (κ3) is 1.26. The van der Waals surface area contributed by atoms with Crippen molar-refractivity contribution in [1.82, 2.24) is 0 Å². The van der Waals surface area contributed by atoms with Gasteiger partial charge in [-0.1, -0.05) is 19.4 Å². The van der Waals surface area contributed by atoms with E-state index in [0.717, 1.165) is 6.42 Å². The van der Waals surface area contributed by atoms with E-state index in [-0.39, 0.29) is 12.1 Å². The highest BCUT2D eigenvalue weighted by Gasteiger charge is 2.34. The van der Waals surface area contributed by atoms with Crippen LogP contribution in [0.2, 0.25) is 0 Å². The topological polar surface area (TPSA) is 26.3 Å². The van der Waals surface area contributed by atoms with E-state index in [0.29, 0.717) is 11.5 Å².